The molecule has 0 aromatic carbocycles. The van der Waals surface area contributed by atoms with Gasteiger partial charge < -0.3 is 38.1 Å². The van der Waals surface area contributed by atoms with Crippen molar-refractivity contribution < 1.29 is 57.3 Å². The fourth-order valence-corrected chi connectivity index (χ4v) is 12.1. The van der Waals surface area contributed by atoms with Gasteiger partial charge in [-0.15, -0.1) is 0 Å². The van der Waals surface area contributed by atoms with Crippen LogP contribution in [0.1, 0.15) is 362 Å². The summed E-state index contributed by atoms with van der Waals surface area (Å²) in [5, 5.41) is 41.1. The van der Waals surface area contributed by atoms with Crippen molar-refractivity contribution in [2.75, 3.05) is 0 Å². The van der Waals surface area contributed by atoms with E-state index in [9.17, 15) is 39.6 Å². The van der Waals surface area contributed by atoms with Gasteiger partial charge in [0, 0.05) is 25.7 Å². The molecule has 0 saturated heterocycles. The second-order valence-electron chi connectivity index (χ2n) is 24.5. The van der Waals surface area contributed by atoms with Crippen LogP contribution in [0.15, 0.2) is 48.6 Å². The molecule has 0 spiro atoms. The fraction of sp³-hybridized carbons (Fsp3) is 0.833. The Kier molecular flexibility index (Phi) is 60.2. The maximum absolute atomic E-state index is 13.7. The molecule has 0 aliphatic carbocycles. The number of rotatable bonds is 64. The number of aliphatic hydroxyl groups excluding tert-OH is 4. The zero-order valence-corrected chi connectivity index (χ0v) is 56.3. The third-order valence-electron chi connectivity index (χ3n) is 15.8. The molecule has 0 aliphatic rings. The van der Waals surface area contributed by atoms with Crippen molar-refractivity contribution in [2.45, 2.75) is 386 Å². The van der Waals surface area contributed by atoms with Crippen LogP contribution < -0.4 is 0 Å². The molecule has 4 N–H and O–H groups in total. The molecule has 0 aliphatic heterocycles. The van der Waals surface area contributed by atoms with Gasteiger partial charge in [-0.2, -0.15) is 0 Å². The highest BCUT2D eigenvalue weighted by Crippen LogP contribution is 2.23. The maximum Gasteiger partial charge on any atom is 0.974 e. The van der Waals surface area contributed by atoms with Crippen LogP contribution in [0.5, 0.6) is 0 Å². The summed E-state index contributed by atoms with van der Waals surface area (Å²) in [6.45, 7) is 8.75. The summed E-state index contributed by atoms with van der Waals surface area (Å²) >= 11 is 0. The minimum Gasteiger partial charge on any atom is -0.423 e. The summed E-state index contributed by atoms with van der Waals surface area (Å²) in [5.41, 5.74) is 0. The largest absolute Gasteiger partial charge is 0.974 e. The first-order valence-corrected chi connectivity index (χ1v) is 37.2. The van der Waals surface area contributed by atoms with E-state index in [0.717, 1.165) is 180 Å². The van der Waals surface area contributed by atoms with Crippen molar-refractivity contribution in [2.24, 2.45) is 0 Å². The molecule has 0 saturated carbocycles. The first kappa shape index (κ1) is 81.9. The Bertz CT molecular complexity index is 1410. The van der Waals surface area contributed by atoms with E-state index in [1.807, 2.05) is 0 Å². The first-order chi connectivity index (χ1) is 41.4. The average Bonchev–Trinajstić information content (AvgIpc) is 3.60. The van der Waals surface area contributed by atoms with E-state index in [-0.39, 0.29) is 50.1 Å². The van der Waals surface area contributed by atoms with E-state index >= 15 is 0 Å². The molecule has 0 fully saturated rings. The van der Waals surface area contributed by atoms with Crippen LogP contribution >= 0.6 is 0 Å². The first-order valence-electron chi connectivity index (χ1n) is 35.6. The normalized spacial score (nSPS) is 13.6. The summed E-state index contributed by atoms with van der Waals surface area (Å²) in [7, 11) is -5.00. The van der Waals surface area contributed by atoms with E-state index in [0.29, 0.717) is 51.4 Å². The van der Waals surface area contributed by atoms with Gasteiger partial charge in [-0.1, -0.05) is 256 Å². The number of unbranched alkanes of at least 4 members (excludes halogenated alkanes) is 32. The predicted molar refractivity (Wildman–Crippen MR) is 353 cm³/mol. The molecule has 0 heterocycles. The quantitative estimate of drug-likeness (QED) is 0.0257. The van der Waals surface area contributed by atoms with Crippen LogP contribution in [0.2, 0.25) is 0 Å². The van der Waals surface area contributed by atoms with Gasteiger partial charge in [0.05, 0.1) is 24.4 Å². The minimum atomic E-state index is -5.00. The average molecular weight is 1220 g/mol. The van der Waals surface area contributed by atoms with Crippen molar-refractivity contribution in [3.05, 3.63) is 48.6 Å². The molecular formula is C72H132O12Si. The van der Waals surface area contributed by atoms with Crippen LogP contribution in [0.3, 0.4) is 0 Å². The summed E-state index contributed by atoms with van der Waals surface area (Å²) < 4.78 is 23.4. The lowest BCUT2D eigenvalue weighted by atomic mass is 10.1. The lowest BCUT2D eigenvalue weighted by Crippen LogP contribution is -2.54. The molecule has 0 bridgehead atoms. The lowest BCUT2D eigenvalue weighted by Gasteiger charge is -2.25. The molecule has 4 atom stereocenters. The maximum atomic E-state index is 13.7. The van der Waals surface area contributed by atoms with Gasteiger partial charge in [0.25, 0.3) is 23.9 Å². The standard InChI is InChI=1S/C72H132O12Si/c1-5-9-13-41-53-65(73)57-45-33-25-17-21-29-37-49-61-69(77)81-85(82-70(78)62-50-38-30-22-18-26-34-46-58-66(74)54-42-14-10-6-2,83-71(79)63-51-39-31-23-19-27-35-47-59-67(75)55-43-15-11-7-3)84-72(80)64-52-40-32-24-20-28-36-48-60-68(76)56-44-16-12-8-4/h33-36,45-48,65-68,73-76H,5-32,37-44,49-64H2,1-4H3/b45-33-,46-34-,47-35-,48-36-/t65-,66-,67-,68-/m1/s1. The predicted octanol–water partition coefficient (Wildman–Crippen LogP) is 19.6. The van der Waals surface area contributed by atoms with E-state index in [2.05, 4.69) is 76.3 Å². The molecule has 496 valence electrons. The molecule has 13 heteroatoms. The van der Waals surface area contributed by atoms with Crippen molar-refractivity contribution in [3.8, 4) is 0 Å². The summed E-state index contributed by atoms with van der Waals surface area (Å²) in [6, 6.07) is 0. The minimum absolute atomic E-state index is 0.0180. The smallest absolute Gasteiger partial charge is 0.423 e. The molecule has 0 rings (SSSR count). The lowest BCUT2D eigenvalue weighted by molar-refractivity contribution is -0.163. The topological polar surface area (TPSA) is 186 Å². The Labute approximate surface area is 522 Å². The molecule has 0 aromatic heterocycles. The Morgan fingerprint density at radius 2 is 0.459 bits per heavy atom. The number of carbonyl (C=O) groups is 4. The van der Waals surface area contributed by atoms with Gasteiger partial charge in [0.15, 0.2) is 0 Å². The number of hydrogen-bond acceptors (Lipinski definition) is 12. The van der Waals surface area contributed by atoms with Crippen LogP contribution in [-0.2, 0) is 36.9 Å². The molecular weight excluding hydrogens is 1080 g/mol. The second-order valence-corrected chi connectivity index (χ2v) is 26.3. The SMILES string of the molecule is CCCCCC[C@@H](O)C/C=C\CCCCCCCC(=O)O[Si](OC(=O)CCCCCCC/C=C\C[C@H](O)CCCCCC)(OC(=O)CCCCCCC/C=C\C[C@H](O)CCCCCC)OC(=O)CCCCCCC/C=C\C[C@H](O)CCCCCC. The van der Waals surface area contributed by atoms with Crippen molar-refractivity contribution in [3.63, 3.8) is 0 Å². The highest BCUT2D eigenvalue weighted by Gasteiger charge is 2.62. The highest BCUT2D eigenvalue weighted by molar-refractivity contribution is 6.61. The molecule has 0 aromatic rings. The molecule has 85 heavy (non-hydrogen) atoms. The number of hydrogen-bond donors (Lipinski definition) is 4. The fourth-order valence-electron chi connectivity index (χ4n) is 10.3. The van der Waals surface area contributed by atoms with Gasteiger partial charge in [0.1, 0.15) is 0 Å². The Morgan fingerprint density at radius 3 is 0.671 bits per heavy atom. The van der Waals surface area contributed by atoms with E-state index in [1.165, 1.54) is 77.0 Å². The highest BCUT2D eigenvalue weighted by atomic mass is 28.4. The number of carbonyl (C=O) groups excluding carboxylic acids is 4. The zero-order valence-electron chi connectivity index (χ0n) is 55.3. The summed E-state index contributed by atoms with van der Waals surface area (Å²) in [4.78, 5) is 54.8. The van der Waals surface area contributed by atoms with Gasteiger partial charge in [-0.05, 0) is 128 Å². The Hall–Kier alpha value is -3.10. The van der Waals surface area contributed by atoms with Crippen LogP contribution in [-0.4, -0.2) is 77.8 Å². The Balaban J connectivity index is 5.72. The second kappa shape index (κ2) is 62.5. The summed E-state index contributed by atoms with van der Waals surface area (Å²) in [6.07, 6.45) is 60.6. The molecule has 0 amide bonds. The Morgan fingerprint density at radius 1 is 0.271 bits per heavy atom. The number of allylic oxidation sites excluding steroid dienone is 4. The van der Waals surface area contributed by atoms with E-state index in [4.69, 9.17) is 17.7 Å². The zero-order chi connectivity index (χ0) is 62.4. The summed E-state index contributed by atoms with van der Waals surface area (Å²) in [5.74, 6) is -2.95. The molecule has 0 radical (unpaired) electrons. The van der Waals surface area contributed by atoms with Crippen LogP contribution in [0.4, 0.5) is 0 Å². The van der Waals surface area contributed by atoms with E-state index in [1.54, 1.807) is 0 Å². The van der Waals surface area contributed by atoms with Gasteiger partial charge in [0.2, 0.25) is 0 Å². The monoisotopic (exact) mass is 1220 g/mol. The third-order valence-corrected chi connectivity index (χ3v) is 17.7. The van der Waals surface area contributed by atoms with Gasteiger partial charge in [-0.3, -0.25) is 19.2 Å². The van der Waals surface area contributed by atoms with Crippen molar-refractivity contribution in [1.82, 2.24) is 0 Å². The third kappa shape index (κ3) is 58.4. The molecule has 12 nitrogen and oxygen atoms in total. The van der Waals surface area contributed by atoms with Crippen LogP contribution in [0, 0.1) is 0 Å². The van der Waals surface area contributed by atoms with E-state index < -0.39 is 32.9 Å². The number of aliphatic hydroxyl groups is 4. The van der Waals surface area contributed by atoms with Gasteiger partial charge in [-0.25, -0.2) is 0 Å². The van der Waals surface area contributed by atoms with Crippen LogP contribution in [0.25, 0.3) is 0 Å². The van der Waals surface area contributed by atoms with Gasteiger partial charge >= 0.3 is 9.05 Å². The van der Waals surface area contributed by atoms with Crippen molar-refractivity contribution >= 4 is 32.9 Å². The van der Waals surface area contributed by atoms with Crippen molar-refractivity contribution in [1.29, 1.82) is 0 Å². The molecule has 0 unspecified atom stereocenters.